The van der Waals surface area contributed by atoms with Crippen LogP contribution in [-0.4, -0.2) is 27.7 Å². The second-order valence-corrected chi connectivity index (χ2v) is 8.19. The molecule has 6 heteroatoms. The van der Waals surface area contributed by atoms with Gasteiger partial charge < -0.3 is 11.1 Å². The number of nitrogen functional groups attached to an aromatic ring is 1. The molecule has 0 spiro atoms. The van der Waals surface area contributed by atoms with Crippen molar-refractivity contribution in [2.75, 3.05) is 17.2 Å². The summed E-state index contributed by atoms with van der Waals surface area (Å²) in [5, 5.41) is 3.98. The highest BCUT2D eigenvalue weighted by Gasteiger charge is 2.22. The number of carbonyl (C=O) groups excluding carboxylic acids is 1. The number of thiophene rings is 1. The summed E-state index contributed by atoms with van der Waals surface area (Å²) in [6, 6.07) is 6.16. The minimum absolute atomic E-state index is 0.107. The standard InChI is InChI=1S/C15H18N2O2S2/c1-9-2-3-12-11(8-9)13(16)14(20-12)15(18)17-10-4-6-21(19)7-5-10/h2-3,8,10H,4-7,16H2,1H3,(H,17,18). The Hall–Kier alpha value is -1.40. The number of aryl methyl sites for hydroxylation is 1. The number of nitrogens with two attached hydrogens (primary N) is 1. The Balaban J connectivity index is 1.81. The van der Waals surface area contributed by atoms with Gasteiger partial charge in [0.15, 0.2) is 0 Å². The molecule has 0 aliphatic carbocycles. The number of carbonyl (C=O) groups is 1. The van der Waals surface area contributed by atoms with Gasteiger partial charge in [-0.1, -0.05) is 11.6 Å². The molecule has 1 amide bonds. The maximum absolute atomic E-state index is 12.4. The van der Waals surface area contributed by atoms with Crippen LogP contribution in [0.1, 0.15) is 28.1 Å². The molecule has 1 aliphatic rings. The highest BCUT2D eigenvalue weighted by molar-refractivity contribution is 7.85. The van der Waals surface area contributed by atoms with Crippen molar-refractivity contribution in [2.24, 2.45) is 0 Å². The Morgan fingerprint density at radius 1 is 1.38 bits per heavy atom. The lowest BCUT2D eigenvalue weighted by Gasteiger charge is -2.22. The summed E-state index contributed by atoms with van der Waals surface area (Å²) in [6.07, 6.45) is 1.56. The summed E-state index contributed by atoms with van der Waals surface area (Å²) in [5.41, 5.74) is 7.84. The molecule has 1 aromatic heterocycles. The van der Waals surface area contributed by atoms with E-state index in [1.54, 1.807) is 0 Å². The molecule has 0 saturated carbocycles. The average Bonchev–Trinajstić information content (AvgIpc) is 2.79. The molecule has 0 radical (unpaired) electrons. The summed E-state index contributed by atoms with van der Waals surface area (Å²) in [7, 11) is -0.713. The van der Waals surface area contributed by atoms with Crippen LogP contribution in [0, 0.1) is 6.92 Å². The predicted molar refractivity (Wildman–Crippen MR) is 89.3 cm³/mol. The van der Waals surface area contributed by atoms with Crippen molar-refractivity contribution in [2.45, 2.75) is 25.8 Å². The molecule has 1 fully saturated rings. The first kappa shape index (κ1) is 14.5. The number of rotatable bonds is 2. The van der Waals surface area contributed by atoms with Crippen molar-refractivity contribution in [3.8, 4) is 0 Å². The lowest BCUT2D eigenvalue weighted by Crippen LogP contribution is -2.39. The third-order valence-corrected chi connectivity index (χ3v) is 6.38. The number of hydrogen-bond donors (Lipinski definition) is 2. The van der Waals surface area contributed by atoms with E-state index in [2.05, 4.69) is 5.32 Å². The second-order valence-electron chi connectivity index (χ2n) is 5.44. The molecule has 3 N–H and O–H groups in total. The summed E-state index contributed by atoms with van der Waals surface area (Å²) in [5.74, 6) is 1.24. The lowest BCUT2D eigenvalue weighted by atomic mass is 10.1. The minimum Gasteiger partial charge on any atom is -0.397 e. The van der Waals surface area contributed by atoms with Gasteiger partial charge in [0, 0.05) is 38.4 Å². The minimum atomic E-state index is -0.713. The molecule has 2 heterocycles. The molecule has 0 atom stereocenters. The molecular weight excluding hydrogens is 304 g/mol. The van der Waals surface area contributed by atoms with Crippen LogP contribution in [0.3, 0.4) is 0 Å². The van der Waals surface area contributed by atoms with Crippen LogP contribution in [0.25, 0.3) is 10.1 Å². The van der Waals surface area contributed by atoms with Crippen molar-refractivity contribution in [1.82, 2.24) is 5.32 Å². The summed E-state index contributed by atoms with van der Waals surface area (Å²) >= 11 is 1.43. The van der Waals surface area contributed by atoms with Crippen LogP contribution in [-0.2, 0) is 10.8 Å². The lowest BCUT2D eigenvalue weighted by molar-refractivity contribution is 0.0939. The maximum Gasteiger partial charge on any atom is 0.263 e. The van der Waals surface area contributed by atoms with Gasteiger partial charge in [-0.2, -0.15) is 0 Å². The van der Waals surface area contributed by atoms with E-state index in [1.165, 1.54) is 11.3 Å². The highest BCUT2D eigenvalue weighted by atomic mass is 32.2. The maximum atomic E-state index is 12.4. The monoisotopic (exact) mass is 322 g/mol. The fourth-order valence-electron chi connectivity index (χ4n) is 2.59. The molecule has 3 rings (SSSR count). The molecular formula is C15H18N2O2S2. The SMILES string of the molecule is Cc1ccc2sc(C(=O)NC3CCS(=O)CC3)c(N)c2c1. The van der Waals surface area contributed by atoms with Gasteiger partial charge in [0.1, 0.15) is 4.88 Å². The van der Waals surface area contributed by atoms with Gasteiger partial charge in [-0.25, -0.2) is 0 Å². The number of benzene rings is 1. The Labute approximate surface area is 130 Å². The zero-order valence-corrected chi connectivity index (χ0v) is 13.5. The number of hydrogen-bond acceptors (Lipinski definition) is 4. The Morgan fingerprint density at radius 2 is 2.10 bits per heavy atom. The third-order valence-electron chi connectivity index (χ3n) is 3.81. The largest absolute Gasteiger partial charge is 0.397 e. The Bertz CT molecular complexity index is 714. The van der Waals surface area contributed by atoms with Gasteiger partial charge in [-0.3, -0.25) is 9.00 Å². The average molecular weight is 322 g/mol. The molecule has 0 unspecified atom stereocenters. The first-order valence-corrected chi connectivity index (χ1v) is 9.29. The molecule has 1 aromatic carbocycles. The number of fused-ring (bicyclic) bond motifs is 1. The van der Waals surface area contributed by atoms with Gasteiger partial charge in [0.2, 0.25) is 0 Å². The van der Waals surface area contributed by atoms with E-state index in [9.17, 15) is 9.00 Å². The predicted octanol–water partition coefficient (Wildman–Crippen LogP) is 2.43. The number of amides is 1. The molecule has 0 bridgehead atoms. The van der Waals surface area contributed by atoms with Crippen LogP contribution in [0.2, 0.25) is 0 Å². The molecule has 21 heavy (non-hydrogen) atoms. The second kappa shape index (κ2) is 5.77. The first-order valence-electron chi connectivity index (χ1n) is 6.99. The van der Waals surface area contributed by atoms with Crippen molar-refractivity contribution < 1.29 is 9.00 Å². The fraction of sp³-hybridized carbons (Fsp3) is 0.400. The summed E-state index contributed by atoms with van der Waals surface area (Å²) in [4.78, 5) is 13.0. The normalized spacial score (nSPS) is 22.3. The van der Waals surface area contributed by atoms with Gasteiger partial charge >= 0.3 is 0 Å². The van der Waals surface area contributed by atoms with E-state index >= 15 is 0 Å². The molecule has 2 aromatic rings. The van der Waals surface area contributed by atoms with Crippen LogP contribution in [0.5, 0.6) is 0 Å². The Morgan fingerprint density at radius 3 is 2.81 bits per heavy atom. The zero-order chi connectivity index (χ0) is 15.0. The fourth-order valence-corrected chi connectivity index (χ4v) is 4.89. The van der Waals surface area contributed by atoms with Gasteiger partial charge in [0.05, 0.1) is 5.69 Å². The van der Waals surface area contributed by atoms with Crippen molar-refractivity contribution >= 4 is 43.8 Å². The van der Waals surface area contributed by atoms with Gasteiger partial charge in [-0.15, -0.1) is 11.3 Å². The zero-order valence-electron chi connectivity index (χ0n) is 11.8. The smallest absolute Gasteiger partial charge is 0.263 e. The van der Waals surface area contributed by atoms with E-state index in [1.807, 2.05) is 25.1 Å². The van der Waals surface area contributed by atoms with Crippen molar-refractivity contribution in [3.05, 3.63) is 28.6 Å². The van der Waals surface area contributed by atoms with Crippen LogP contribution in [0.4, 0.5) is 5.69 Å². The van der Waals surface area contributed by atoms with Crippen molar-refractivity contribution in [3.63, 3.8) is 0 Å². The van der Waals surface area contributed by atoms with Crippen LogP contribution < -0.4 is 11.1 Å². The molecule has 112 valence electrons. The quantitative estimate of drug-likeness (QED) is 0.892. The van der Waals surface area contributed by atoms with E-state index < -0.39 is 10.8 Å². The van der Waals surface area contributed by atoms with Gasteiger partial charge in [-0.05, 0) is 31.9 Å². The van der Waals surface area contributed by atoms with E-state index in [0.717, 1.165) is 28.5 Å². The summed E-state index contributed by atoms with van der Waals surface area (Å²) < 4.78 is 12.4. The van der Waals surface area contributed by atoms with Gasteiger partial charge in [0.25, 0.3) is 5.91 Å². The van der Waals surface area contributed by atoms with E-state index in [4.69, 9.17) is 5.73 Å². The van der Waals surface area contributed by atoms with Crippen molar-refractivity contribution in [1.29, 1.82) is 0 Å². The molecule has 1 saturated heterocycles. The number of anilines is 1. The Kier molecular flexibility index (Phi) is 3.99. The number of nitrogens with one attached hydrogen (secondary N) is 1. The van der Waals surface area contributed by atoms with Crippen LogP contribution in [0.15, 0.2) is 18.2 Å². The molecule has 4 nitrogen and oxygen atoms in total. The summed E-state index contributed by atoms with van der Waals surface area (Å²) in [6.45, 7) is 2.01. The van der Waals surface area contributed by atoms with Crippen LogP contribution >= 0.6 is 11.3 Å². The van der Waals surface area contributed by atoms with E-state index in [-0.39, 0.29) is 11.9 Å². The topological polar surface area (TPSA) is 72.2 Å². The third kappa shape index (κ3) is 2.96. The highest BCUT2D eigenvalue weighted by Crippen LogP contribution is 2.34. The molecule has 1 aliphatic heterocycles. The van der Waals surface area contributed by atoms with E-state index in [0.29, 0.717) is 22.1 Å². The first-order chi connectivity index (χ1) is 10.0.